The molecule has 0 bridgehead atoms. The van der Waals surface area contributed by atoms with E-state index in [1.54, 1.807) is 12.1 Å². The van der Waals surface area contributed by atoms with E-state index in [0.29, 0.717) is 17.1 Å². The Balaban J connectivity index is 2.57. The number of benzene rings is 1. The first kappa shape index (κ1) is 8.87. The third-order valence-corrected chi connectivity index (χ3v) is 2.14. The Morgan fingerprint density at radius 1 is 1.43 bits per heavy atom. The lowest BCUT2D eigenvalue weighted by molar-refractivity contribution is 0.0595. The van der Waals surface area contributed by atoms with Crippen molar-refractivity contribution in [1.29, 1.82) is 0 Å². The van der Waals surface area contributed by atoms with Crippen LogP contribution >= 0.6 is 0 Å². The van der Waals surface area contributed by atoms with Crippen LogP contribution in [0.2, 0.25) is 0 Å². The van der Waals surface area contributed by atoms with E-state index < -0.39 is 5.97 Å². The second-order valence-corrected chi connectivity index (χ2v) is 2.98. The van der Waals surface area contributed by atoms with E-state index in [1.807, 2.05) is 6.92 Å². The van der Waals surface area contributed by atoms with Gasteiger partial charge < -0.3 is 14.2 Å². The Bertz CT molecular complexity index is 384. The fraction of sp³-hybridized carbons (Fsp3) is 0.300. The topological polar surface area (TPSA) is 44.8 Å². The molecule has 2 rings (SSSR count). The number of methoxy groups -OCH3 is 1. The minimum atomic E-state index is -0.398. The lowest BCUT2D eigenvalue weighted by atomic mass is 10.1. The highest BCUT2D eigenvalue weighted by molar-refractivity contribution is 5.95. The van der Waals surface area contributed by atoms with E-state index in [9.17, 15) is 4.79 Å². The summed E-state index contributed by atoms with van der Waals surface area (Å²) in [6, 6.07) is 3.59. The number of rotatable bonds is 1. The van der Waals surface area contributed by atoms with Crippen LogP contribution in [0.5, 0.6) is 11.5 Å². The van der Waals surface area contributed by atoms with Crippen LogP contribution in [-0.2, 0) is 4.74 Å². The molecule has 0 saturated carbocycles. The molecule has 74 valence electrons. The summed E-state index contributed by atoms with van der Waals surface area (Å²) < 4.78 is 15.0. The minimum Gasteiger partial charge on any atom is -0.465 e. The van der Waals surface area contributed by atoms with Gasteiger partial charge in [0.05, 0.1) is 7.11 Å². The van der Waals surface area contributed by atoms with Gasteiger partial charge in [-0.05, 0) is 18.6 Å². The molecule has 0 saturated heterocycles. The molecule has 0 aliphatic carbocycles. The zero-order chi connectivity index (χ0) is 10.1. The number of hydrogen-bond donors (Lipinski definition) is 0. The Kier molecular flexibility index (Phi) is 2.04. The van der Waals surface area contributed by atoms with Crippen molar-refractivity contribution in [3.8, 4) is 11.5 Å². The number of esters is 1. The average molecular weight is 194 g/mol. The number of carbonyl (C=O) groups is 1. The second-order valence-electron chi connectivity index (χ2n) is 2.98. The highest BCUT2D eigenvalue weighted by Gasteiger charge is 2.24. The molecule has 0 spiro atoms. The number of hydrogen-bond acceptors (Lipinski definition) is 4. The van der Waals surface area contributed by atoms with E-state index in [0.717, 1.165) is 5.56 Å². The van der Waals surface area contributed by atoms with Gasteiger partial charge in [-0.15, -0.1) is 0 Å². The molecule has 1 aliphatic rings. The zero-order valence-corrected chi connectivity index (χ0v) is 7.99. The van der Waals surface area contributed by atoms with Gasteiger partial charge in [0.2, 0.25) is 6.79 Å². The van der Waals surface area contributed by atoms with Gasteiger partial charge in [-0.25, -0.2) is 4.79 Å². The van der Waals surface area contributed by atoms with Crippen molar-refractivity contribution in [2.45, 2.75) is 6.92 Å². The predicted molar refractivity (Wildman–Crippen MR) is 48.6 cm³/mol. The maximum atomic E-state index is 11.4. The van der Waals surface area contributed by atoms with E-state index in [2.05, 4.69) is 4.74 Å². The van der Waals surface area contributed by atoms with Gasteiger partial charge in [0.25, 0.3) is 0 Å². The van der Waals surface area contributed by atoms with Gasteiger partial charge in [-0.3, -0.25) is 0 Å². The van der Waals surface area contributed by atoms with Crippen LogP contribution in [0, 0.1) is 6.92 Å². The van der Waals surface area contributed by atoms with Crippen molar-refractivity contribution < 1.29 is 19.0 Å². The van der Waals surface area contributed by atoms with Crippen molar-refractivity contribution in [1.82, 2.24) is 0 Å². The van der Waals surface area contributed by atoms with Crippen molar-refractivity contribution in [2.75, 3.05) is 13.9 Å². The first-order chi connectivity index (χ1) is 6.74. The van der Waals surface area contributed by atoms with Gasteiger partial charge >= 0.3 is 5.97 Å². The van der Waals surface area contributed by atoms with Gasteiger partial charge in [-0.2, -0.15) is 0 Å². The third kappa shape index (κ3) is 1.19. The smallest absolute Gasteiger partial charge is 0.342 e. The second kappa shape index (κ2) is 3.21. The van der Waals surface area contributed by atoms with Gasteiger partial charge in [-0.1, -0.05) is 6.07 Å². The van der Waals surface area contributed by atoms with Crippen LogP contribution in [0.15, 0.2) is 12.1 Å². The standard InChI is InChI=1S/C10H10O4/c1-6-3-4-7-9(14-5-13-7)8(6)10(11)12-2/h3-4H,5H2,1-2H3. The fourth-order valence-corrected chi connectivity index (χ4v) is 1.43. The van der Waals surface area contributed by atoms with Crippen LogP contribution in [0.4, 0.5) is 0 Å². The van der Waals surface area contributed by atoms with Gasteiger partial charge in [0.1, 0.15) is 5.56 Å². The quantitative estimate of drug-likeness (QED) is 0.635. The fourth-order valence-electron chi connectivity index (χ4n) is 1.43. The summed E-state index contributed by atoms with van der Waals surface area (Å²) in [7, 11) is 1.34. The summed E-state index contributed by atoms with van der Waals surface area (Å²) in [4.78, 5) is 11.4. The first-order valence-corrected chi connectivity index (χ1v) is 4.21. The lowest BCUT2D eigenvalue weighted by Crippen LogP contribution is -2.05. The minimum absolute atomic E-state index is 0.156. The average Bonchev–Trinajstić information content (AvgIpc) is 2.64. The third-order valence-electron chi connectivity index (χ3n) is 2.14. The summed E-state index contributed by atoms with van der Waals surface area (Å²) in [5.41, 5.74) is 1.27. The van der Waals surface area contributed by atoms with Gasteiger partial charge in [0, 0.05) is 0 Å². The highest BCUT2D eigenvalue weighted by Crippen LogP contribution is 2.37. The molecule has 0 N–H and O–H groups in total. The largest absolute Gasteiger partial charge is 0.465 e. The molecule has 0 amide bonds. The van der Waals surface area contributed by atoms with E-state index >= 15 is 0 Å². The Morgan fingerprint density at radius 2 is 2.21 bits per heavy atom. The molecule has 0 unspecified atom stereocenters. The summed E-state index contributed by atoms with van der Waals surface area (Å²) in [6.07, 6.45) is 0. The number of aryl methyl sites for hydroxylation is 1. The summed E-state index contributed by atoms with van der Waals surface area (Å²) in [5.74, 6) is 0.678. The van der Waals surface area contributed by atoms with Crippen LogP contribution in [0.25, 0.3) is 0 Å². The molecule has 0 fully saturated rings. The van der Waals surface area contributed by atoms with Crippen molar-refractivity contribution in [3.63, 3.8) is 0 Å². The van der Waals surface area contributed by atoms with Crippen LogP contribution < -0.4 is 9.47 Å². The maximum Gasteiger partial charge on any atom is 0.342 e. The zero-order valence-electron chi connectivity index (χ0n) is 7.99. The monoisotopic (exact) mass is 194 g/mol. The van der Waals surface area contributed by atoms with Crippen molar-refractivity contribution >= 4 is 5.97 Å². The van der Waals surface area contributed by atoms with E-state index in [1.165, 1.54) is 7.11 Å². The molecule has 1 heterocycles. The molecule has 1 aromatic carbocycles. The SMILES string of the molecule is COC(=O)c1c(C)ccc2c1OCO2. The molecule has 0 radical (unpaired) electrons. The van der Waals surface area contributed by atoms with Crippen LogP contribution in [0.1, 0.15) is 15.9 Å². The van der Waals surface area contributed by atoms with Gasteiger partial charge in [0.15, 0.2) is 11.5 Å². The Labute approximate surface area is 81.4 Å². The van der Waals surface area contributed by atoms with Crippen LogP contribution in [-0.4, -0.2) is 19.9 Å². The highest BCUT2D eigenvalue weighted by atomic mass is 16.7. The molecular formula is C10H10O4. The van der Waals surface area contributed by atoms with E-state index in [4.69, 9.17) is 9.47 Å². The summed E-state index contributed by atoms with van der Waals surface area (Å²) >= 11 is 0. The Morgan fingerprint density at radius 3 is 2.93 bits per heavy atom. The number of ether oxygens (including phenoxy) is 3. The molecule has 0 aromatic heterocycles. The van der Waals surface area contributed by atoms with Crippen LogP contribution in [0.3, 0.4) is 0 Å². The van der Waals surface area contributed by atoms with Crippen molar-refractivity contribution in [3.05, 3.63) is 23.3 Å². The molecule has 0 atom stereocenters. The molecule has 14 heavy (non-hydrogen) atoms. The number of fused-ring (bicyclic) bond motifs is 1. The lowest BCUT2D eigenvalue weighted by Gasteiger charge is -2.06. The number of carbonyl (C=O) groups excluding carboxylic acids is 1. The first-order valence-electron chi connectivity index (χ1n) is 4.21. The predicted octanol–water partition coefficient (Wildman–Crippen LogP) is 1.51. The van der Waals surface area contributed by atoms with Crippen molar-refractivity contribution in [2.24, 2.45) is 0 Å². The molecular weight excluding hydrogens is 184 g/mol. The molecule has 4 heteroatoms. The van der Waals surface area contributed by atoms with E-state index in [-0.39, 0.29) is 6.79 Å². The molecule has 1 aliphatic heterocycles. The summed E-state index contributed by atoms with van der Waals surface area (Å²) in [6.45, 7) is 1.98. The molecule has 4 nitrogen and oxygen atoms in total. The Hall–Kier alpha value is -1.71. The summed E-state index contributed by atoms with van der Waals surface area (Å²) in [5, 5.41) is 0. The molecule has 1 aromatic rings. The normalized spacial score (nSPS) is 12.7. The maximum absolute atomic E-state index is 11.4.